The molecule has 0 radical (unpaired) electrons. The van der Waals surface area contributed by atoms with Gasteiger partial charge in [0.1, 0.15) is 11.8 Å². The summed E-state index contributed by atoms with van der Waals surface area (Å²) in [6.07, 6.45) is 1.89. The van der Waals surface area contributed by atoms with Crippen molar-refractivity contribution in [2.24, 2.45) is 0 Å². The standard InChI is InChI=1S/C11H16N2O3/c1-8-6-9(12-16-8)7-13-5-3-4-10(13)11(14)15-2/h6,10H,3-5,7H2,1-2H3. The van der Waals surface area contributed by atoms with E-state index < -0.39 is 0 Å². The summed E-state index contributed by atoms with van der Waals surface area (Å²) in [5.74, 6) is 0.640. The molecule has 0 bridgehead atoms. The van der Waals surface area contributed by atoms with Gasteiger partial charge in [-0.05, 0) is 26.3 Å². The summed E-state index contributed by atoms with van der Waals surface area (Å²) in [5, 5.41) is 3.93. The predicted molar refractivity (Wildman–Crippen MR) is 56.7 cm³/mol. The number of rotatable bonds is 3. The molecule has 1 aromatic heterocycles. The van der Waals surface area contributed by atoms with Gasteiger partial charge in [-0.15, -0.1) is 0 Å². The van der Waals surface area contributed by atoms with Crippen LogP contribution in [0.25, 0.3) is 0 Å². The number of nitrogens with zero attached hydrogens (tertiary/aromatic N) is 2. The van der Waals surface area contributed by atoms with Crippen molar-refractivity contribution < 1.29 is 14.1 Å². The molecule has 0 amide bonds. The van der Waals surface area contributed by atoms with Gasteiger partial charge in [-0.1, -0.05) is 5.16 Å². The Kier molecular flexibility index (Phi) is 3.24. The van der Waals surface area contributed by atoms with Crippen LogP contribution in [0.15, 0.2) is 10.6 Å². The highest BCUT2D eigenvalue weighted by Crippen LogP contribution is 2.20. The number of methoxy groups -OCH3 is 1. The zero-order valence-corrected chi connectivity index (χ0v) is 9.60. The molecule has 0 saturated carbocycles. The van der Waals surface area contributed by atoms with E-state index in [2.05, 4.69) is 10.1 Å². The van der Waals surface area contributed by atoms with Gasteiger partial charge in [-0.2, -0.15) is 0 Å². The van der Waals surface area contributed by atoms with Gasteiger partial charge in [0.15, 0.2) is 0 Å². The highest BCUT2D eigenvalue weighted by Gasteiger charge is 2.31. The molecule has 1 aliphatic rings. The van der Waals surface area contributed by atoms with E-state index >= 15 is 0 Å². The molecule has 2 heterocycles. The molecule has 5 heteroatoms. The minimum atomic E-state index is -0.155. The molecule has 1 atom stereocenters. The van der Waals surface area contributed by atoms with Crippen molar-refractivity contribution in [2.45, 2.75) is 32.4 Å². The van der Waals surface area contributed by atoms with Gasteiger partial charge < -0.3 is 9.26 Å². The van der Waals surface area contributed by atoms with Crippen molar-refractivity contribution >= 4 is 5.97 Å². The smallest absolute Gasteiger partial charge is 0.323 e. The van der Waals surface area contributed by atoms with Crippen molar-refractivity contribution in [1.29, 1.82) is 0 Å². The lowest BCUT2D eigenvalue weighted by Gasteiger charge is -2.20. The molecule has 88 valence electrons. The van der Waals surface area contributed by atoms with Crippen molar-refractivity contribution in [2.75, 3.05) is 13.7 Å². The van der Waals surface area contributed by atoms with Crippen LogP contribution in [-0.4, -0.2) is 35.7 Å². The minimum absolute atomic E-state index is 0.123. The Labute approximate surface area is 94.3 Å². The molecule has 1 fully saturated rings. The topological polar surface area (TPSA) is 55.6 Å². The second kappa shape index (κ2) is 4.65. The van der Waals surface area contributed by atoms with E-state index in [4.69, 9.17) is 9.26 Å². The maximum absolute atomic E-state index is 11.5. The van der Waals surface area contributed by atoms with Gasteiger partial charge in [0.2, 0.25) is 0 Å². The highest BCUT2D eigenvalue weighted by atomic mass is 16.5. The molecule has 0 aliphatic carbocycles. The molecular weight excluding hydrogens is 208 g/mol. The SMILES string of the molecule is COC(=O)C1CCCN1Cc1cc(C)on1. The molecule has 1 unspecified atom stereocenters. The Morgan fingerprint density at radius 3 is 3.19 bits per heavy atom. The number of ether oxygens (including phenoxy) is 1. The first-order valence-electron chi connectivity index (χ1n) is 5.45. The molecule has 1 saturated heterocycles. The Bertz CT molecular complexity index is 375. The molecule has 1 aliphatic heterocycles. The lowest BCUT2D eigenvalue weighted by atomic mass is 10.2. The predicted octanol–water partition coefficient (Wildman–Crippen LogP) is 1.12. The number of aryl methyl sites for hydroxylation is 1. The van der Waals surface area contributed by atoms with Crippen LogP contribution in [0, 0.1) is 6.92 Å². The van der Waals surface area contributed by atoms with Gasteiger partial charge in [0, 0.05) is 12.6 Å². The van der Waals surface area contributed by atoms with Crippen LogP contribution in [0.3, 0.4) is 0 Å². The number of likely N-dealkylation sites (tertiary alicyclic amines) is 1. The minimum Gasteiger partial charge on any atom is -0.468 e. The molecule has 0 aromatic carbocycles. The largest absolute Gasteiger partial charge is 0.468 e. The van der Waals surface area contributed by atoms with E-state index in [1.807, 2.05) is 13.0 Å². The summed E-state index contributed by atoms with van der Waals surface area (Å²) in [6, 6.07) is 1.77. The van der Waals surface area contributed by atoms with E-state index in [1.54, 1.807) is 0 Å². The number of hydrogen-bond donors (Lipinski definition) is 0. The molecule has 16 heavy (non-hydrogen) atoms. The van der Waals surface area contributed by atoms with Crippen LogP contribution in [0.4, 0.5) is 0 Å². The number of carbonyl (C=O) groups is 1. The zero-order chi connectivity index (χ0) is 11.5. The van der Waals surface area contributed by atoms with Crippen LogP contribution in [0.5, 0.6) is 0 Å². The summed E-state index contributed by atoms with van der Waals surface area (Å²) in [4.78, 5) is 13.6. The fourth-order valence-corrected chi connectivity index (χ4v) is 2.12. The third-order valence-electron chi connectivity index (χ3n) is 2.88. The van der Waals surface area contributed by atoms with Gasteiger partial charge in [0.05, 0.1) is 12.8 Å². The lowest BCUT2D eigenvalue weighted by Crippen LogP contribution is -2.36. The molecule has 1 aromatic rings. The number of hydrogen-bond acceptors (Lipinski definition) is 5. The van der Waals surface area contributed by atoms with Crippen LogP contribution < -0.4 is 0 Å². The highest BCUT2D eigenvalue weighted by molar-refractivity contribution is 5.75. The maximum Gasteiger partial charge on any atom is 0.323 e. The fourth-order valence-electron chi connectivity index (χ4n) is 2.12. The quantitative estimate of drug-likeness (QED) is 0.720. The summed E-state index contributed by atoms with van der Waals surface area (Å²) in [5.41, 5.74) is 0.869. The van der Waals surface area contributed by atoms with Crippen molar-refractivity contribution in [1.82, 2.24) is 10.1 Å². The van der Waals surface area contributed by atoms with E-state index in [0.717, 1.165) is 30.8 Å². The summed E-state index contributed by atoms with van der Waals surface area (Å²) in [7, 11) is 1.43. The monoisotopic (exact) mass is 224 g/mol. The van der Waals surface area contributed by atoms with Crippen LogP contribution in [0.1, 0.15) is 24.3 Å². The van der Waals surface area contributed by atoms with Crippen molar-refractivity contribution in [3.05, 3.63) is 17.5 Å². The first kappa shape index (κ1) is 11.1. The van der Waals surface area contributed by atoms with Crippen LogP contribution in [-0.2, 0) is 16.1 Å². The maximum atomic E-state index is 11.5. The van der Waals surface area contributed by atoms with Crippen LogP contribution in [0.2, 0.25) is 0 Å². The van der Waals surface area contributed by atoms with Gasteiger partial charge >= 0.3 is 5.97 Å². The van der Waals surface area contributed by atoms with E-state index in [9.17, 15) is 4.79 Å². The van der Waals surface area contributed by atoms with E-state index in [0.29, 0.717) is 6.54 Å². The summed E-state index contributed by atoms with van der Waals surface area (Å²) in [6.45, 7) is 3.42. The molecular formula is C11H16N2O3. The van der Waals surface area contributed by atoms with Gasteiger partial charge in [-0.25, -0.2) is 0 Å². The fraction of sp³-hybridized carbons (Fsp3) is 0.636. The van der Waals surface area contributed by atoms with Crippen molar-refractivity contribution in [3.8, 4) is 0 Å². The summed E-state index contributed by atoms with van der Waals surface area (Å²) < 4.78 is 9.79. The first-order chi connectivity index (χ1) is 7.70. The second-order valence-electron chi connectivity index (χ2n) is 4.08. The van der Waals surface area contributed by atoms with E-state index in [1.165, 1.54) is 7.11 Å². The average Bonchev–Trinajstić information content (AvgIpc) is 2.87. The third kappa shape index (κ3) is 2.24. The molecule has 5 nitrogen and oxygen atoms in total. The second-order valence-corrected chi connectivity index (χ2v) is 4.08. The number of esters is 1. The van der Waals surface area contributed by atoms with Crippen LogP contribution >= 0.6 is 0 Å². The summed E-state index contributed by atoms with van der Waals surface area (Å²) >= 11 is 0. The normalized spacial score (nSPS) is 21.2. The average molecular weight is 224 g/mol. The zero-order valence-electron chi connectivity index (χ0n) is 9.60. The Balaban J connectivity index is 2.01. The van der Waals surface area contributed by atoms with Gasteiger partial charge in [-0.3, -0.25) is 9.69 Å². The lowest BCUT2D eigenvalue weighted by molar-refractivity contribution is -0.146. The number of carbonyl (C=O) groups excluding carboxylic acids is 1. The molecule has 0 N–H and O–H groups in total. The third-order valence-corrected chi connectivity index (χ3v) is 2.88. The van der Waals surface area contributed by atoms with E-state index in [-0.39, 0.29) is 12.0 Å². The van der Waals surface area contributed by atoms with Gasteiger partial charge in [0.25, 0.3) is 0 Å². The first-order valence-corrected chi connectivity index (χ1v) is 5.45. The molecule has 2 rings (SSSR count). The van der Waals surface area contributed by atoms with Crippen molar-refractivity contribution in [3.63, 3.8) is 0 Å². The number of aromatic nitrogens is 1. The Morgan fingerprint density at radius 1 is 1.75 bits per heavy atom. The molecule has 0 spiro atoms. The Morgan fingerprint density at radius 2 is 2.56 bits per heavy atom. The Hall–Kier alpha value is -1.36.